The van der Waals surface area contributed by atoms with Gasteiger partial charge in [-0.05, 0) is 30.3 Å². The molecule has 1 heterocycles. The molecule has 2 aromatic rings. The SMILES string of the molecule is CNC(=O)c1cc(S(=O)(=O)Nc2ccc(SC(F)F)cc2)cn1C. The van der Waals surface area contributed by atoms with Crippen LogP contribution in [0.4, 0.5) is 14.5 Å². The number of alkyl halides is 2. The molecule has 0 radical (unpaired) electrons. The first-order chi connectivity index (χ1) is 11.2. The summed E-state index contributed by atoms with van der Waals surface area (Å²) in [5, 5.41) is 2.42. The number of amides is 1. The second kappa shape index (κ2) is 7.22. The van der Waals surface area contributed by atoms with Gasteiger partial charge >= 0.3 is 0 Å². The Balaban J connectivity index is 2.21. The fourth-order valence-corrected chi connectivity index (χ4v) is 3.58. The third-order valence-electron chi connectivity index (χ3n) is 3.08. The largest absolute Gasteiger partial charge is 0.354 e. The fraction of sp³-hybridized carbons (Fsp3) is 0.214. The Hall–Kier alpha value is -2.07. The molecule has 0 aliphatic rings. The van der Waals surface area contributed by atoms with E-state index in [1.807, 2.05) is 0 Å². The van der Waals surface area contributed by atoms with E-state index in [9.17, 15) is 22.0 Å². The van der Waals surface area contributed by atoms with Crippen LogP contribution in [-0.4, -0.2) is 31.7 Å². The first-order valence-corrected chi connectivity index (χ1v) is 9.05. The van der Waals surface area contributed by atoms with E-state index in [1.54, 1.807) is 7.05 Å². The zero-order valence-corrected chi connectivity index (χ0v) is 14.4. The maximum Gasteiger partial charge on any atom is 0.288 e. The van der Waals surface area contributed by atoms with Crippen LogP contribution in [0.1, 0.15) is 10.5 Å². The van der Waals surface area contributed by atoms with Crippen molar-refractivity contribution in [3.05, 3.63) is 42.2 Å². The lowest BCUT2D eigenvalue weighted by atomic mass is 10.3. The topological polar surface area (TPSA) is 80.2 Å². The molecule has 0 spiro atoms. The smallest absolute Gasteiger partial charge is 0.288 e. The molecule has 0 aliphatic carbocycles. The van der Waals surface area contributed by atoms with Gasteiger partial charge in [-0.25, -0.2) is 8.42 Å². The first-order valence-electron chi connectivity index (χ1n) is 6.69. The minimum absolute atomic E-state index is 0.0744. The minimum Gasteiger partial charge on any atom is -0.354 e. The van der Waals surface area contributed by atoms with Gasteiger partial charge in [0.15, 0.2) is 0 Å². The second-order valence-corrected chi connectivity index (χ2v) is 7.51. The average Bonchev–Trinajstić information content (AvgIpc) is 2.90. The molecule has 0 saturated heterocycles. The number of rotatable bonds is 6. The molecule has 2 rings (SSSR count). The van der Waals surface area contributed by atoms with Gasteiger partial charge in [0, 0.05) is 30.9 Å². The molecule has 2 N–H and O–H groups in total. The van der Waals surface area contributed by atoms with Crippen molar-refractivity contribution in [2.24, 2.45) is 7.05 Å². The van der Waals surface area contributed by atoms with Crippen LogP contribution in [0.15, 0.2) is 46.3 Å². The quantitative estimate of drug-likeness (QED) is 0.761. The molecular formula is C14H15F2N3O3S2. The van der Waals surface area contributed by atoms with E-state index in [2.05, 4.69) is 10.0 Å². The number of thioether (sulfide) groups is 1. The van der Waals surface area contributed by atoms with E-state index in [4.69, 9.17) is 0 Å². The third-order valence-corrected chi connectivity index (χ3v) is 5.15. The van der Waals surface area contributed by atoms with Gasteiger partial charge in [0.2, 0.25) is 0 Å². The van der Waals surface area contributed by atoms with Crippen LogP contribution in [0.2, 0.25) is 0 Å². The lowest BCUT2D eigenvalue weighted by molar-refractivity contribution is 0.0955. The third kappa shape index (κ3) is 4.26. The van der Waals surface area contributed by atoms with E-state index in [1.165, 1.54) is 48.1 Å². The van der Waals surface area contributed by atoms with Crippen molar-refractivity contribution in [1.29, 1.82) is 0 Å². The predicted octanol–water partition coefficient (Wildman–Crippen LogP) is 2.50. The number of aryl methyl sites for hydroxylation is 1. The highest BCUT2D eigenvalue weighted by Gasteiger charge is 2.20. The van der Waals surface area contributed by atoms with E-state index in [-0.39, 0.29) is 16.3 Å². The summed E-state index contributed by atoms with van der Waals surface area (Å²) in [7, 11) is -0.898. The van der Waals surface area contributed by atoms with E-state index < -0.39 is 21.7 Å². The highest BCUT2D eigenvalue weighted by molar-refractivity contribution is 7.99. The predicted molar refractivity (Wildman–Crippen MR) is 87.9 cm³/mol. The van der Waals surface area contributed by atoms with Gasteiger partial charge in [0.1, 0.15) is 10.6 Å². The Kier molecular flexibility index (Phi) is 5.50. The summed E-state index contributed by atoms with van der Waals surface area (Å²) in [6.45, 7) is 0. The summed E-state index contributed by atoms with van der Waals surface area (Å²) in [5.74, 6) is -2.95. The lowest BCUT2D eigenvalue weighted by Gasteiger charge is -2.07. The van der Waals surface area contributed by atoms with Crippen molar-refractivity contribution in [1.82, 2.24) is 9.88 Å². The molecule has 0 unspecified atom stereocenters. The van der Waals surface area contributed by atoms with Gasteiger partial charge in [0.25, 0.3) is 21.7 Å². The number of carbonyl (C=O) groups is 1. The monoisotopic (exact) mass is 375 g/mol. The van der Waals surface area contributed by atoms with Crippen LogP contribution in [0.25, 0.3) is 0 Å². The maximum absolute atomic E-state index is 12.4. The molecule has 0 fully saturated rings. The fourth-order valence-electron chi connectivity index (χ4n) is 1.95. The van der Waals surface area contributed by atoms with Crippen LogP contribution in [0.3, 0.4) is 0 Å². The van der Waals surface area contributed by atoms with Crippen molar-refractivity contribution in [2.75, 3.05) is 11.8 Å². The highest BCUT2D eigenvalue weighted by Crippen LogP contribution is 2.27. The molecule has 130 valence electrons. The molecular weight excluding hydrogens is 360 g/mol. The Morgan fingerprint density at radius 1 is 1.25 bits per heavy atom. The highest BCUT2D eigenvalue weighted by atomic mass is 32.2. The standard InChI is InChI=1S/C14H15F2N3O3S2/c1-17-13(20)12-7-11(8-19(12)2)24(21,22)18-9-3-5-10(6-4-9)23-14(15)16/h3-8,14,18H,1-2H3,(H,17,20). The number of sulfonamides is 1. The summed E-state index contributed by atoms with van der Waals surface area (Å²) >= 11 is 0.374. The average molecular weight is 375 g/mol. The van der Waals surface area contributed by atoms with Gasteiger partial charge in [-0.2, -0.15) is 8.78 Å². The van der Waals surface area contributed by atoms with Crippen LogP contribution < -0.4 is 10.0 Å². The minimum atomic E-state index is -3.90. The molecule has 0 atom stereocenters. The van der Waals surface area contributed by atoms with Crippen molar-refractivity contribution >= 4 is 33.4 Å². The number of hydrogen-bond acceptors (Lipinski definition) is 4. The lowest BCUT2D eigenvalue weighted by Crippen LogP contribution is -2.20. The molecule has 10 heteroatoms. The number of carbonyl (C=O) groups excluding carboxylic acids is 1. The summed E-state index contributed by atoms with van der Waals surface area (Å²) in [6.07, 6.45) is 1.31. The molecule has 24 heavy (non-hydrogen) atoms. The van der Waals surface area contributed by atoms with Gasteiger partial charge < -0.3 is 9.88 Å². The number of hydrogen-bond donors (Lipinski definition) is 2. The molecule has 0 saturated carbocycles. The number of halogens is 2. The maximum atomic E-state index is 12.4. The zero-order valence-electron chi connectivity index (χ0n) is 12.8. The van der Waals surface area contributed by atoms with Crippen molar-refractivity contribution < 1.29 is 22.0 Å². The van der Waals surface area contributed by atoms with E-state index >= 15 is 0 Å². The van der Waals surface area contributed by atoms with Crippen LogP contribution in [0.5, 0.6) is 0 Å². The van der Waals surface area contributed by atoms with Crippen LogP contribution >= 0.6 is 11.8 Å². The summed E-state index contributed by atoms with van der Waals surface area (Å²) in [4.78, 5) is 11.9. The summed E-state index contributed by atoms with van der Waals surface area (Å²) in [6, 6.07) is 6.84. The molecule has 1 aromatic carbocycles. The molecule has 6 nitrogen and oxygen atoms in total. The van der Waals surface area contributed by atoms with E-state index in [0.717, 1.165) is 0 Å². The Bertz CT molecular complexity index is 833. The van der Waals surface area contributed by atoms with Gasteiger partial charge in [-0.3, -0.25) is 9.52 Å². The number of nitrogens with zero attached hydrogens (tertiary/aromatic N) is 1. The first kappa shape index (κ1) is 18.3. The zero-order chi connectivity index (χ0) is 17.9. The number of anilines is 1. The Morgan fingerprint density at radius 3 is 2.42 bits per heavy atom. The summed E-state index contributed by atoms with van der Waals surface area (Å²) in [5.41, 5.74) is 0.431. The van der Waals surface area contributed by atoms with Crippen LogP contribution in [-0.2, 0) is 17.1 Å². The van der Waals surface area contributed by atoms with Gasteiger partial charge in [0.05, 0.1) is 0 Å². The van der Waals surface area contributed by atoms with Gasteiger partial charge in [-0.1, -0.05) is 11.8 Å². The molecule has 1 aromatic heterocycles. The molecule has 0 aliphatic heterocycles. The van der Waals surface area contributed by atoms with Crippen LogP contribution in [0, 0.1) is 0 Å². The normalized spacial score (nSPS) is 11.5. The Labute approximate surface area is 142 Å². The molecule has 0 bridgehead atoms. The second-order valence-electron chi connectivity index (χ2n) is 4.76. The summed E-state index contributed by atoms with van der Waals surface area (Å²) < 4.78 is 53.0. The van der Waals surface area contributed by atoms with Crippen molar-refractivity contribution in [3.8, 4) is 0 Å². The molecule has 1 amide bonds. The van der Waals surface area contributed by atoms with Crippen molar-refractivity contribution in [2.45, 2.75) is 15.5 Å². The van der Waals surface area contributed by atoms with Gasteiger partial charge in [-0.15, -0.1) is 0 Å². The number of nitrogens with one attached hydrogen (secondary N) is 2. The van der Waals surface area contributed by atoms with E-state index in [0.29, 0.717) is 16.7 Å². The van der Waals surface area contributed by atoms with Crippen molar-refractivity contribution in [3.63, 3.8) is 0 Å². The number of aromatic nitrogens is 1. The Morgan fingerprint density at radius 2 is 1.88 bits per heavy atom. The number of benzene rings is 1.